The maximum absolute atomic E-state index is 12.6. The number of rotatable bonds is 1. The average molecular weight is 319 g/mol. The molecule has 1 amide bonds. The number of carbonyl (C=O) groups excluding carboxylic acids is 1. The van der Waals surface area contributed by atoms with Crippen LogP contribution in [0, 0.1) is 0 Å². The van der Waals surface area contributed by atoms with E-state index in [1.54, 1.807) is 4.40 Å². The molecule has 0 unspecified atom stereocenters. The SMILES string of the molecule is Nc1nnc2c(-c3ccc4c(c3)NC(=O)C43CCCC3)cccn12. The number of hydrogen-bond acceptors (Lipinski definition) is 4. The standard InChI is InChI=1S/C18H17N5O/c19-17-22-21-15-12(4-3-9-23(15)17)11-5-6-13-14(10-11)20-16(24)18(13)7-1-2-8-18/h3-6,9-10H,1-2,7-8H2,(H2,19,22)(H,20,24). The summed E-state index contributed by atoms with van der Waals surface area (Å²) in [6, 6.07) is 10.1. The summed E-state index contributed by atoms with van der Waals surface area (Å²) in [5, 5.41) is 11.2. The first-order valence-electron chi connectivity index (χ1n) is 8.25. The van der Waals surface area contributed by atoms with Crippen LogP contribution in [0.1, 0.15) is 31.2 Å². The minimum Gasteiger partial charge on any atom is -0.368 e. The van der Waals surface area contributed by atoms with Gasteiger partial charge in [0.25, 0.3) is 0 Å². The fourth-order valence-electron chi connectivity index (χ4n) is 4.23. The molecular formula is C18H17N5O. The minimum absolute atomic E-state index is 0.150. The van der Waals surface area contributed by atoms with Gasteiger partial charge in [0, 0.05) is 17.4 Å². The van der Waals surface area contributed by atoms with Gasteiger partial charge in [-0.3, -0.25) is 9.20 Å². The molecule has 6 nitrogen and oxygen atoms in total. The monoisotopic (exact) mass is 319 g/mol. The Kier molecular flexibility index (Phi) is 2.58. The Morgan fingerprint density at radius 2 is 2.00 bits per heavy atom. The van der Waals surface area contributed by atoms with Crippen molar-refractivity contribution in [1.82, 2.24) is 14.6 Å². The van der Waals surface area contributed by atoms with Crippen molar-refractivity contribution in [2.24, 2.45) is 0 Å². The van der Waals surface area contributed by atoms with Gasteiger partial charge >= 0.3 is 0 Å². The highest BCUT2D eigenvalue weighted by molar-refractivity contribution is 6.07. The highest BCUT2D eigenvalue weighted by Crippen LogP contribution is 2.49. The molecule has 1 saturated carbocycles. The summed E-state index contributed by atoms with van der Waals surface area (Å²) in [4.78, 5) is 12.6. The van der Waals surface area contributed by atoms with Crippen LogP contribution in [0.15, 0.2) is 36.5 Å². The van der Waals surface area contributed by atoms with Crippen molar-refractivity contribution in [2.45, 2.75) is 31.1 Å². The molecule has 6 heteroatoms. The first-order chi connectivity index (χ1) is 11.7. The molecule has 3 heterocycles. The van der Waals surface area contributed by atoms with Crippen molar-refractivity contribution >= 4 is 23.2 Å². The Morgan fingerprint density at radius 3 is 2.83 bits per heavy atom. The lowest BCUT2D eigenvalue weighted by Crippen LogP contribution is -2.30. The molecule has 2 aliphatic rings. The third-order valence-corrected chi connectivity index (χ3v) is 5.45. The lowest BCUT2D eigenvalue weighted by molar-refractivity contribution is -0.120. The van der Waals surface area contributed by atoms with E-state index in [4.69, 9.17) is 5.73 Å². The van der Waals surface area contributed by atoms with E-state index >= 15 is 0 Å². The molecule has 24 heavy (non-hydrogen) atoms. The minimum atomic E-state index is -0.306. The molecule has 0 bridgehead atoms. The van der Waals surface area contributed by atoms with Crippen LogP contribution in [0.3, 0.4) is 0 Å². The number of nitrogens with one attached hydrogen (secondary N) is 1. The van der Waals surface area contributed by atoms with Gasteiger partial charge in [0.15, 0.2) is 5.65 Å². The highest BCUT2D eigenvalue weighted by Gasteiger charge is 2.48. The number of carbonyl (C=O) groups is 1. The fraction of sp³-hybridized carbons (Fsp3) is 0.278. The number of benzene rings is 1. The zero-order chi connectivity index (χ0) is 16.3. The number of anilines is 2. The zero-order valence-corrected chi connectivity index (χ0v) is 13.1. The number of nitrogens with two attached hydrogens (primary N) is 1. The van der Waals surface area contributed by atoms with Crippen LogP contribution in [0.25, 0.3) is 16.8 Å². The molecule has 1 aromatic carbocycles. The van der Waals surface area contributed by atoms with E-state index < -0.39 is 0 Å². The number of fused-ring (bicyclic) bond motifs is 3. The summed E-state index contributed by atoms with van der Waals surface area (Å²) in [5.41, 5.74) is 10.3. The van der Waals surface area contributed by atoms with E-state index in [0.29, 0.717) is 5.95 Å². The van der Waals surface area contributed by atoms with Gasteiger partial charge in [0.2, 0.25) is 11.9 Å². The number of hydrogen-bond donors (Lipinski definition) is 2. The molecule has 0 saturated heterocycles. The van der Waals surface area contributed by atoms with Crippen LogP contribution in [0.4, 0.5) is 11.6 Å². The Balaban J connectivity index is 1.67. The van der Waals surface area contributed by atoms with Crippen LogP contribution < -0.4 is 11.1 Å². The number of amides is 1. The van der Waals surface area contributed by atoms with Gasteiger partial charge in [-0.2, -0.15) is 0 Å². The fourth-order valence-corrected chi connectivity index (χ4v) is 4.23. The molecule has 0 radical (unpaired) electrons. The molecule has 1 aliphatic carbocycles. The van der Waals surface area contributed by atoms with Crippen molar-refractivity contribution in [3.8, 4) is 11.1 Å². The van der Waals surface area contributed by atoms with Gasteiger partial charge in [0.1, 0.15) is 0 Å². The third-order valence-electron chi connectivity index (χ3n) is 5.45. The van der Waals surface area contributed by atoms with Crippen molar-refractivity contribution < 1.29 is 4.79 Å². The summed E-state index contributed by atoms with van der Waals surface area (Å²) in [6.45, 7) is 0. The lowest BCUT2D eigenvalue weighted by Gasteiger charge is -2.20. The Hall–Kier alpha value is -2.89. The number of nitrogens with zero attached hydrogens (tertiary/aromatic N) is 3. The Labute approximate surface area is 138 Å². The van der Waals surface area contributed by atoms with Crippen LogP contribution >= 0.6 is 0 Å². The number of aromatic nitrogens is 3. The third kappa shape index (κ3) is 1.62. The van der Waals surface area contributed by atoms with Gasteiger partial charge < -0.3 is 11.1 Å². The average Bonchev–Trinajstić information content (AvgIpc) is 3.29. The molecule has 1 fully saturated rings. The summed E-state index contributed by atoms with van der Waals surface area (Å²) in [5.74, 6) is 0.517. The maximum Gasteiger partial charge on any atom is 0.235 e. The van der Waals surface area contributed by atoms with E-state index in [2.05, 4.69) is 27.6 Å². The summed E-state index contributed by atoms with van der Waals surface area (Å²) in [6.07, 6.45) is 5.97. The molecule has 0 atom stereocenters. The van der Waals surface area contributed by atoms with E-state index in [9.17, 15) is 4.79 Å². The first kappa shape index (κ1) is 13.5. The van der Waals surface area contributed by atoms with Crippen molar-refractivity contribution in [3.05, 3.63) is 42.1 Å². The van der Waals surface area contributed by atoms with E-state index in [0.717, 1.165) is 53.7 Å². The van der Waals surface area contributed by atoms with Crippen molar-refractivity contribution in [1.29, 1.82) is 0 Å². The smallest absolute Gasteiger partial charge is 0.235 e. The molecular weight excluding hydrogens is 302 g/mol. The normalized spacial score (nSPS) is 18.2. The van der Waals surface area contributed by atoms with Gasteiger partial charge in [-0.1, -0.05) is 25.0 Å². The van der Waals surface area contributed by atoms with Gasteiger partial charge in [0.05, 0.1) is 5.41 Å². The van der Waals surface area contributed by atoms with E-state index in [1.807, 2.05) is 24.4 Å². The molecule has 120 valence electrons. The Bertz CT molecular complexity index is 984. The van der Waals surface area contributed by atoms with Crippen LogP contribution in [-0.2, 0) is 10.2 Å². The van der Waals surface area contributed by atoms with Crippen molar-refractivity contribution in [3.63, 3.8) is 0 Å². The van der Waals surface area contributed by atoms with Gasteiger partial charge in [-0.15, -0.1) is 10.2 Å². The van der Waals surface area contributed by atoms with E-state index in [1.165, 1.54) is 0 Å². The first-order valence-corrected chi connectivity index (χ1v) is 8.25. The molecule has 1 spiro atoms. The largest absolute Gasteiger partial charge is 0.368 e. The highest BCUT2D eigenvalue weighted by atomic mass is 16.2. The predicted molar refractivity (Wildman–Crippen MR) is 91.6 cm³/mol. The quantitative estimate of drug-likeness (QED) is 0.722. The predicted octanol–water partition coefficient (Wildman–Crippen LogP) is 2.74. The lowest BCUT2D eigenvalue weighted by atomic mass is 9.80. The Morgan fingerprint density at radius 1 is 1.17 bits per heavy atom. The van der Waals surface area contributed by atoms with Crippen LogP contribution in [-0.4, -0.2) is 20.5 Å². The number of pyridine rings is 1. The zero-order valence-electron chi connectivity index (χ0n) is 13.1. The molecule has 5 rings (SSSR count). The maximum atomic E-state index is 12.6. The van der Waals surface area contributed by atoms with Crippen LogP contribution in [0.2, 0.25) is 0 Å². The topological polar surface area (TPSA) is 85.3 Å². The van der Waals surface area contributed by atoms with Crippen molar-refractivity contribution in [2.75, 3.05) is 11.1 Å². The molecule has 3 N–H and O–H groups in total. The van der Waals surface area contributed by atoms with Gasteiger partial charge in [-0.05, 0) is 42.2 Å². The molecule has 2 aromatic heterocycles. The number of nitrogen functional groups attached to an aromatic ring is 1. The van der Waals surface area contributed by atoms with Crippen LogP contribution in [0.5, 0.6) is 0 Å². The summed E-state index contributed by atoms with van der Waals surface area (Å²) >= 11 is 0. The second-order valence-electron chi connectivity index (χ2n) is 6.68. The summed E-state index contributed by atoms with van der Waals surface area (Å²) in [7, 11) is 0. The second-order valence-corrected chi connectivity index (χ2v) is 6.68. The van der Waals surface area contributed by atoms with Gasteiger partial charge in [-0.25, -0.2) is 0 Å². The summed E-state index contributed by atoms with van der Waals surface area (Å²) < 4.78 is 1.76. The molecule has 1 aliphatic heterocycles. The van der Waals surface area contributed by atoms with E-state index in [-0.39, 0.29) is 11.3 Å². The molecule has 3 aromatic rings. The second kappa shape index (κ2) is 4.56.